The Balaban J connectivity index is 2.66. The Kier molecular flexibility index (Phi) is 2.79. The smallest absolute Gasteiger partial charge is 0.222 e. The van der Waals surface area contributed by atoms with Gasteiger partial charge in [-0.25, -0.2) is 9.97 Å². The summed E-state index contributed by atoms with van der Waals surface area (Å²) in [6, 6.07) is 0. The van der Waals surface area contributed by atoms with Crippen LogP contribution in [0, 0.1) is 0 Å². The van der Waals surface area contributed by atoms with E-state index in [1.165, 1.54) is 0 Å². The summed E-state index contributed by atoms with van der Waals surface area (Å²) < 4.78 is 0. The third-order valence-corrected chi connectivity index (χ3v) is 1.37. The van der Waals surface area contributed by atoms with Gasteiger partial charge in [0.25, 0.3) is 0 Å². The van der Waals surface area contributed by atoms with E-state index in [-0.39, 0.29) is 0 Å². The Morgan fingerprint density at radius 2 is 1.91 bits per heavy atom. The van der Waals surface area contributed by atoms with E-state index in [0.717, 1.165) is 12.1 Å². The van der Waals surface area contributed by atoms with Crippen molar-refractivity contribution in [3.8, 4) is 0 Å². The van der Waals surface area contributed by atoms with Gasteiger partial charge in [-0.1, -0.05) is 0 Å². The molecule has 0 unspecified atom stereocenters. The predicted molar refractivity (Wildman–Crippen MR) is 44.4 cm³/mol. The Morgan fingerprint density at radius 3 is 2.36 bits per heavy atom. The van der Waals surface area contributed by atoms with E-state index in [9.17, 15) is 0 Å². The summed E-state index contributed by atoms with van der Waals surface area (Å²) in [6.45, 7) is 0.844. The monoisotopic (exact) mass is 171 g/mol. The highest BCUT2D eigenvalue weighted by molar-refractivity contribution is 6.28. The minimum atomic E-state index is 0.299. The van der Waals surface area contributed by atoms with E-state index in [1.807, 2.05) is 19.0 Å². The summed E-state index contributed by atoms with van der Waals surface area (Å²) in [4.78, 5) is 9.77. The molecule has 0 spiro atoms. The molecule has 0 aliphatic heterocycles. The van der Waals surface area contributed by atoms with E-state index < -0.39 is 0 Å². The minimum absolute atomic E-state index is 0.299. The molecule has 11 heavy (non-hydrogen) atoms. The maximum Gasteiger partial charge on any atom is 0.222 e. The molecule has 0 radical (unpaired) electrons. The lowest BCUT2D eigenvalue weighted by molar-refractivity contribution is 0.401. The maximum atomic E-state index is 5.51. The highest BCUT2D eigenvalue weighted by Crippen LogP contribution is 2.01. The molecule has 1 aromatic heterocycles. The number of halogens is 1. The van der Waals surface area contributed by atoms with Crippen LogP contribution in [0.3, 0.4) is 0 Å². The number of nitrogens with zero attached hydrogens (tertiary/aromatic N) is 3. The van der Waals surface area contributed by atoms with Crippen LogP contribution in [0.15, 0.2) is 12.4 Å². The van der Waals surface area contributed by atoms with Gasteiger partial charge in [0.05, 0.1) is 0 Å². The molecule has 3 nitrogen and oxygen atoms in total. The summed E-state index contributed by atoms with van der Waals surface area (Å²) in [5.41, 5.74) is 1.07. The van der Waals surface area contributed by atoms with Crippen LogP contribution in [-0.4, -0.2) is 29.0 Å². The second-order valence-corrected chi connectivity index (χ2v) is 2.94. The lowest BCUT2D eigenvalue weighted by atomic mass is 10.3. The zero-order valence-electron chi connectivity index (χ0n) is 6.58. The Labute approximate surface area is 71.0 Å². The molecule has 0 aromatic carbocycles. The fraction of sp³-hybridized carbons (Fsp3) is 0.429. The van der Waals surface area contributed by atoms with Gasteiger partial charge in [0, 0.05) is 24.5 Å². The molecule has 0 saturated heterocycles. The van der Waals surface area contributed by atoms with Crippen LogP contribution in [0.5, 0.6) is 0 Å². The number of hydrogen-bond acceptors (Lipinski definition) is 3. The zero-order valence-corrected chi connectivity index (χ0v) is 7.34. The molecule has 1 heterocycles. The summed E-state index contributed by atoms with van der Waals surface area (Å²) in [5, 5.41) is 0.299. The third-order valence-electron chi connectivity index (χ3n) is 1.17. The maximum absolute atomic E-state index is 5.51. The summed E-state index contributed by atoms with van der Waals surface area (Å²) in [5.74, 6) is 0. The molecule has 1 aromatic rings. The first-order valence-electron chi connectivity index (χ1n) is 3.29. The first-order valence-corrected chi connectivity index (χ1v) is 3.67. The molecular formula is C7H10ClN3. The van der Waals surface area contributed by atoms with Crippen LogP contribution in [0.25, 0.3) is 0 Å². The Hall–Kier alpha value is -0.670. The van der Waals surface area contributed by atoms with Gasteiger partial charge in [-0.2, -0.15) is 0 Å². The highest BCUT2D eigenvalue weighted by Gasteiger charge is 1.95. The molecular weight excluding hydrogens is 162 g/mol. The van der Waals surface area contributed by atoms with Crippen molar-refractivity contribution < 1.29 is 0 Å². The molecule has 0 aliphatic carbocycles. The Bertz CT molecular complexity index is 220. The van der Waals surface area contributed by atoms with Crippen LogP contribution in [-0.2, 0) is 6.54 Å². The first-order chi connectivity index (χ1) is 5.18. The molecule has 0 fully saturated rings. The molecule has 0 saturated carbocycles. The quantitative estimate of drug-likeness (QED) is 0.626. The molecule has 4 heteroatoms. The van der Waals surface area contributed by atoms with Gasteiger partial charge in [-0.3, -0.25) is 0 Å². The number of aromatic nitrogens is 2. The Morgan fingerprint density at radius 1 is 1.36 bits per heavy atom. The average Bonchev–Trinajstić information content (AvgIpc) is 1.93. The number of hydrogen-bond donors (Lipinski definition) is 0. The van der Waals surface area contributed by atoms with Crippen molar-refractivity contribution in [2.45, 2.75) is 6.54 Å². The van der Waals surface area contributed by atoms with Gasteiger partial charge in [0.1, 0.15) is 0 Å². The van der Waals surface area contributed by atoms with Crippen LogP contribution in [0.4, 0.5) is 0 Å². The molecule has 0 atom stereocenters. The fourth-order valence-electron chi connectivity index (χ4n) is 0.786. The van der Waals surface area contributed by atoms with Crippen LogP contribution < -0.4 is 0 Å². The second-order valence-electron chi connectivity index (χ2n) is 2.60. The van der Waals surface area contributed by atoms with Crippen molar-refractivity contribution in [1.82, 2.24) is 14.9 Å². The van der Waals surface area contributed by atoms with Crippen molar-refractivity contribution in [1.29, 1.82) is 0 Å². The van der Waals surface area contributed by atoms with Gasteiger partial charge in [0.15, 0.2) is 0 Å². The summed E-state index contributed by atoms with van der Waals surface area (Å²) in [6.07, 6.45) is 3.46. The molecule has 0 amide bonds. The van der Waals surface area contributed by atoms with E-state index >= 15 is 0 Å². The summed E-state index contributed by atoms with van der Waals surface area (Å²) >= 11 is 5.51. The van der Waals surface area contributed by atoms with Gasteiger partial charge in [-0.15, -0.1) is 0 Å². The van der Waals surface area contributed by atoms with Crippen LogP contribution >= 0.6 is 11.6 Å². The molecule has 0 aliphatic rings. The van der Waals surface area contributed by atoms with Crippen molar-refractivity contribution in [3.63, 3.8) is 0 Å². The zero-order chi connectivity index (χ0) is 8.27. The summed E-state index contributed by atoms with van der Waals surface area (Å²) in [7, 11) is 3.99. The molecule has 0 bridgehead atoms. The number of rotatable bonds is 2. The molecule has 0 N–H and O–H groups in total. The largest absolute Gasteiger partial charge is 0.305 e. The fourth-order valence-corrected chi connectivity index (χ4v) is 0.883. The lowest BCUT2D eigenvalue weighted by Crippen LogP contribution is -2.10. The first kappa shape index (κ1) is 8.43. The standard InChI is InChI=1S/C7H10ClN3/c1-11(2)5-6-3-9-7(8)10-4-6/h3-4H,5H2,1-2H3. The lowest BCUT2D eigenvalue weighted by Gasteiger charge is -2.07. The van der Waals surface area contributed by atoms with Gasteiger partial charge >= 0.3 is 0 Å². The second kappa shape index (κ2) is 3.64. The average molecular weight is 172 g/mol. The third kappa shape index (κ3) is 2.82. The topological polar surface area (TPSA) is 29.0 Å². The highest BCUT2D eigenvalue weighted by atomic mass is 35.5. The van der Waals surface area contributed by atoms with E-state index in [1.54, 1.807) is 12.4 Å². The predicted octanol–water partition coefficient (Wildman–Crippen LogP) is 1.19. The van der Waals surface area contributed by atoms with Crippen LogP contribution in [0.2, 0.25) is 5.28 Å². The van der Waals surface area contributed by atoms with Crippen LogP contribution in [0.1, 0.15) is 5.56 Å². The van der Waals surface area contributed by atoms with Crippen molar-refractivity contribution in [3.05, 3.63) is 23.2 Å². The molecule has 1 rings (SSSR count). The van der Waals surface area contributed by atoms with Crippen molar-refractivity contribution in [2.24, 2.45) is 0 Å². The normalized spacial score (nSPS) is 10.5. The SMILES string of the molecule is CN(C)Cc1cnc(Cl)nc1. The molecule has 60 valence electrons. The van der Waals surface area contributed by atoms with Crippen molar-refractivity contribution in [2.75, 3.05) is 14.1 Å². The van der Waals surface area contributed by atoms with Crippen molar-refractivity contribution >= 4 is 11.6 Å². The van der Waals surface area contributed by atoms with E-state index in [4.69, 9.17) is 11.6 Å². The van der Waals surface area contributed by atoms with E-state index in [0.29, 0.717) is 5.28 Å². The van der Waals surface area contributed by atoms with Gasteiger partial charge in [-0.05, 0) is 25.7 Å². The minimum Gasteiger partial charge on any atom is -0.305 e. The van der Waals surface area contributed by atoms with Gasteiger partial charge < -0.3 is 4.90 Å². The van der Waals surface area contributed by atoms with E-state index in [2.05, 4.69) is 9.97 Å². The van der Waals surface area contributed by atoms with Gasteiger partial charge in [0.2, 0.25) is 5.28 Å².